The summed E-state index contributed by atoms with van der Waals surface area (Å²) in [5.41, 5.74) is 14.5. The van der Waals surface area contributed by atoms with Crippen LogP contribution in [0, 0.1) is 0 Å². The van der Waals surface area contributed by atoms with Gasteiger partial charge >= 0.3 is 0 Å². The van der Waals surface area contributed by atoms with Crippen molar-refractivity contribution in [1.82, 2.24) is 0 Å². The molecule has 0 aliphatic rings. The lowest BCUT2D eigenvalue weighted by atomic mass is 10.1. The van der Waals surface area contributed by atoms with Gasteiger partial charge in [0.15, 0.2) is 5.78 Å². The Hall–Kier alpha value is -2.81. The fraction of sp³-hybridized carbons (Fsp3) is 0. The van der Waals surface area contributed by atoms with Gasteiger partial charge in [0.1, 0.15) is 0 Å². The minimum Gasteiger partial charge on any atom is -0.399 e. The molecule has 0 radical (unpaired) electrons. The summed E-state index contributed by atoms with van der Waals surface area (Å²) < 4.78 is 0. The number of ketones is 1. The number of rotatable bonds is 4. The number of allylic oxidation sites excluding steroid dienone is 2. The molecule has 3 heteroatoms. The van der Waals surface area contributed by atoms with Crippen LogP contribution >= 0.6 is 0 Å². The van der Waals surface area contributed by atoms with Crippen LogP contribution in [0.25, 0.3) is 12.2 Å². The summed E-state index contributed by atoms with van der Waals surface area (Å²) in [6, 6.07) is 14.7. The lowest BCUT2D eigenvalue weighted by Gasteiger charge is -1.95. The summed E-state index contributed by atoms with van der Waals surface area (Å²) in [4.78, 5) is 11.7. The second-order valence-corrected chi connectivity index (χ2v) is 4.41. The molecular weight excluding hydrogens is 248 g/mol. The molecule has 100 valence electrons. The van der Waals surface area contributed by atoms with Crippen LogP contribution in [0.1, 0.15) is 11.1 Å². The molecule has 0 aliphatic heterocycles. The molecule has 4 N–H and O–H groups in total. The lowest BCUT2D eigenvalue weighted by molar-refractivity contribution is -0.110. The molecule has 0 unspecified atom stereocenters. The molecule has 0 amide bonds. The molecule has 20 heavy (non-hydrogen) atoms. The maximum absolute atomic E-state index is 11.7. The molecule has 2 aromatic rings. The number of carbonyl (C=O) groups is 1. The monoisotopic (exact) mass is 264 g/mol. The van der Waals surface area contributed by atoms with Gasteiger partial charge in [0.05, 0.1) is 0 Å². The van der Waals surface area contributed by atoms with Gasteiger partial charge in [-0.3, -0.25) is 4.79 Å². The van der Waals surface area contributed by atoms with Crippen LogP contribution in [0.4, 0.5) is 11.4 Å². The number of hydrogen-bond donors (Lipinski definition) is 2. The highest BCUT2D eigenvalue weighted by atomic mass is 16.1. The maximum Gasteiger partial charge on any atom is 0.178 e. The number of nitrogens with two attached hydrogens (primary N) is 2. The van der Waals surface area contributed by atoms with E-state index in [1.54, 1.807) is 24.3 Å². The van der Waals surface area contributed by atoms with Gasteiger partial charge in [0, 0.05) is 11.4 Å². The molecule has 0 spiro atoms. The van der Waals surface area contributed by atoms with Gasteiger partial charge in [-0.1, -0.05) is 36.4 Å². The second-order valence-electron chi connectivity index (χ2n) is 4.41. The van der Waals surface area contributed by atoms with Crippen molar-refractivity contribution in [2.24, 2.45) is 0 Å². The summed E-state index contributed by atoms with van der Waals surface area (Å²) >= 11 is 0. The standard InChI is InChI=1S/C17H16N2O/c18-15-5-1-3-13(11-15)7-9-17(20)10-8-14-4-2-6-16(19)12-14/h1-12H,18-19H2. The van der Waals surface area contributed by atoms with E-state index in [4.69, 9.17) is 11.5 Å². The molecule has 0 bridgehead atoms. The topological polar surface area (TPSA) is 69.1 Å². The summed E-state index contributed by atoms with van der Waals surface area (Å²) in [6.45, 7) is 0. The number of hydrogen-bond acceptors (Lipinski definition) is 3. The Labute approximate surface area is 118 Å². The van der Waals surface area contributed by atoms with E-state index in [2.05, 4.69) is 0 Å². The van der Waals surface area contributed by atoms with Crippen LogP contribution in [0.5, 0.6) is 0 Å². The predicted molar refractivity (Wildman–Crippen MR) is 84.8 cm³/mol. The Bertz CT molecular complexity index is 615. The third-order valence-corrected chi connectivity index (χ3v) is 2.70. The van der Waals surface area contributed by atoms with Crippen molar-refractivity contribution in [3.05, 3.63) is 71.8 Å². The molecular formula is C17H16N2O. The van der Waals surface area contributed by atoms with Crippen molar-refractivity contribution in [1.29, 1.82) is 0 Å². The van der Waals surface area contributed by atoms with Crippen molar-refractivity contribution >= 4 is 29.3 Å². The molecule has 0 aromatic heterocycles. The minimum atomic E-state index is -0.0881. The van der Waals surface area contributed by atoms with Crippen molar-refractivity contribution < 1.29 is 4.79 Å². The third-order valence-electron chi connectivity index (χ3n) is 2.70. The Morgan fingerprint density at radius 2 is 1.25 bits per heavy atom. The average Bonchev–Trinajstić information content (AvgIpc) is 2.43. The van der Waals surface area contributed by atoms with Crippen LogP contribution in [0.3, 0.4) is 0 Å². The highest BCUT2D eigenvalue weighted by molar-refractivity contribution is 6.04. The summed E-state index contributed by atoms with van der Waals surface area (Å²) in [5.74, 6) is -0.0881. The van der Waals surface area contributed by atoms with E-state index in [0.717, 1.165) is 11.1 Å². The highest BCUT2D eigenvalue weighted by Crippen LogP contribution is 2.10. The molecule has 0 atom stereocenters. The van der Waals surface area contributed by atoms with Crippen molar-refractivity contribution in [2.45, 2.75) is 0 Å². The molecule has 0 fully saturated rings. The van der Waals surface area contributed by atoms with E-state index >= 15 is 0 Å². The zero-order valence-corrected chi connectivity index (χ0v) is 11.0. The predicted octanol–water partition coefficient (Wildman–Crippen LogP) is 3.15. The number of benzene rings is 2. The van der Waals surface area contributed by atoms with Crippen LogP contribution in [0.15, 0.2) is 60.7 Å². The fourth-order valence-corrected chi connectivity index (χ4v) is 1.74. The van der Waals surface area contributed by atoms with Crippen molar-refractivity contribution in [3.8, 4) is 0 Å². The summed E-state index contributed by atoms with van der Waals surface area (Å²) in [6.07, 6.45) is 6.50. The molecule has 3 nitrogen and oxygen atoms in total. The quantitative estimate of drug-likeness (QED) is 0.658. The summed E-state index contributed by atoms with van der Waals surface area (Å²) in [5, 5.41) is 0. The van der Waals surface area contributed by atoms with E-state index in [0.29, 0.717) is 11.4 Å². The van der Waals surface area contributed by atoms with Crippen molar-refractivity contribution in [2.75, 3.05) is 11.5 Å². The van der Waals surface area contributed by atoms with E-state index < -0.39 is 0 Å². The largest absolute Gasteiger partial charge is 0.399 e. The number of carbonyl (C=O) groups excluding carboxylic acids is 1. The SMILES string of the molecule is Nc1cccc(C=CC(=O)C=Cc2cccc(N)c2)c1. The van der Waals surface area contributed by atoms with Gasteiger partial charge in [0.25, 0.3) is 0 Å². The first kappa shape index (κ1) is 13.6. The van der Waals surface area contributed by atoms with E-state index in [9.17, 15) is 4.79 Å². The normalized spacial score (nSPS) is 11.2. The minimum absolute atomic E-state index is 0.0881. The first-order valence-corrected chi connectivity index (χ1v) is 6.25. The van der Waals surface area contributed by atoms with Gasteiger partial charge < -0.3 is 11.5 Å². The Balaban J connectivity index is 2.02. The molecule has 0 saturated heterocycles. The van der Waals surface area contributed by atoms with Gasteiger partial charge in [-0.2, -0.15) is 0 Å². The zero-order valence-electron chi connectivity index (χ0n) is 11.0. The van der Waals surface area contributed by atoms with Crippen molar-refractivity contribution in [3.63, 3.8) is 0 Å². The third kappa shape index (κ3) is 4.14. The zero-order chi connectivity index (χ0) is 14.4. The van der Waals surface area contributed by atoms with Crippen LogP contribution in [-0.2, 0) is 4.79 Å². The molecule has 0 heterocycles. The fourth-order valence-electron chi connectivity index (χ4n) is 1.74. The molecule has 2 aromatic carbocycles. The van der Waals surface area contributed by atoms with Crippen LogP contribution < -0.4 is 11.5 Å². The highest BCUT2D eigenvalue weighted by Gasteiger charge is 1.93. The van der Waals surface area contributed by atoms with E-state index in [1.807, 2.05) is 36.4 Å². The number of nitrogen functional groups attached to an aromatic ring is 2. The first-order valence-electron chi connectivity index (χ1n) is 6.25. The first-order chi connectivity index (χ1) is 9.63. The van der Waals surface area contributed by atoms with E-state index in [1.165, 1.54) is 12.2 Å². The Morgan fingerprint density at radius 3 is 1.65 bits per heavy atom. The van der Waals surface area contributed by atoms with Gasteiger partial charge in [0.2, 0.25) is 0 Å². The van der Waals surface area contributed by atoms with Gasteiger partial charge in [-0.15, -0.1) is 0 Å². The smallest absolute Gasteiger partial charge is 0.178 e. The molecule has 0 saturated carbocycles. The average molecular weight is 264 g/mol. The van der Waals surface area contributed by atoms with Gasteiger partial charge in [-0.25, -0.2) is 0 Å². The van der Waals surface area contributed by atoms with Gasteiger partial charge in [-0.05, 0) is 47.5 Å². The molecule has 0 aliphatic carbocycles. The Kier molecular flexibility index (Phi) is 4.35. The second kappa shape index (κ2) is 6.38. The van der Waals surface area contributed by atoms with E-state index in [-0.39, 0.29) is 5.78 Å². The summed E-state index contributed by atoms with van der Waals surface area (Å²) in [7, 11) is 0. The van der Waals surface area contributed by atoms with Crippen LogP contribution in [0.2, 0.25) is 0 Å². The maximum atomic E-state index is 11.7. The van der Waals surface area contributed by atoms with Crippen LogP contribution in [-0.4, -0.2) is 5.78 Å². The lowest BCUT2D eigenvalue weighted by Crippen LogP contribution is -1.87. The molecule has 2 rings (SSSR count). The number of anilines is 2. The Morgan fingerprint density at radius 1 is 0.800 bits per heavy atom.